The van der Waals surface area contributed by atoms with Crippen molar-refractivity contribution in [1.82, 2.24) is 19.6 Å². The van der Waals surface area contributed by atoms with Gasteiger partial charge in [-0.3, -0.25) is 9.48 Å². The van der Waals surface area contributed by atoms with Gasteiger partial charge in [0, 0.05) is 0 Å². The molecule has 3 rings (SSSR count). The van der Waals surface area contributed by atoms with Crippen LogP contribution in [0, 0.1) is 30.9 Å². The molecule has 0 fully saturated rings. The first-order chi connectivity index (χ1) is 14.1. The molecule has 0 radical (unpaired) electrons. The number of amides is 1. The summed E-state index contributed by atoms with van der Waals surface area (Å²) in [5, 5.41) is 23.1. The van der Waals surface area contributed by atoms with Crippen LogP contribution in [-0.4, -0.2) is 30.4 Å². The topological polar surface area (TPSA) is 108 Å². The molecular weight excluding hydrogens is 431 g/mol. The smallest absolute Gasteiger partial charge is 0.358 e. The van der Waals surface area contributed by atoms with Gasteiger partial charge in [0.1, 0.15) is 6.04 Å². The van der Waals surface area contributed by atoms with Gasteiger partial charge in [-0.25, -0.2) is 0 Å². The van der Waals surface area contributed by atoms with Gasteiger partial charge in [-0.1, -0.05) is 29.3 Å². The van der Waals surface area contributed by atoms with E-state index in [1.807, 2.05) is 13.0 Å². The average molecular weight is 451 g/mol. The monoisotopic (exact) mass is 450 g/mol. The average Bonchev–Trinajstić information content (AvgIpc) is 3.19. The minimum Gasteiger partial charge on any atom is -0.358 e. The Kier molecular flexibility index (Phi) is 6.14. The summed E-state index contributed by atoms with van der Waals surface area (Å²) in [7, 11) is 0. The van der Waals surface area contributed by atoms with Gasteiger partial charge in [-0.2, -0.15) is 9.78 Å². The number of hydrogen-bond donors (Lipinski definition) is 1. The lowest BCUT2D eigenvalue weighted by Gasteiger charge is -2.12. The van der Waals surface area contributed by atoms with Crippen LogP contribution in [0.15, 0.2) is 24.3 Å². The van der Waals surface area contributed by atoms with Crippen LogP contribution < -0.4 is 5.32 Å². The highest BCUT2D eigenvalue weighted by atomic mass is 35.5. The summed E-state index contributed by atoms with van der Waals surface area (Å²) in [6.07, 6.45) is 0. The lowest BCUT2D eigenvalue weighted by molar-refractivity contribution is -0.389. The molecule has 0 aliphatic rings. The third-order valence-corrected chi connectivity index (χ3v) is 5.53. The summed E-state index contributed by atoms with van der Waals surface area (Å²) < 4.78 is 3.09. The molecule has 0 saturated heterocycles. The van der Waals surface area contributed by atoms with E-state index in [2.05, 4.69) is 15.5 Å². The molecule has 1 amide bonds. The van der Waals surface area contributed by atoms with Crippen molar-refractivity contribution < 1.29 is 9.72 Å². The van der Waals surface area contributed by atoms with E-state index >= 15 is 0 Å². The van der Waals surface area contributed by atoms with E-state index in [0.29, 0.717) is 33.7 Å². The molecule has 30 heavy (non-hydrogen) atoms. The van der Waals surface area contributed by atoms with E-state index in [-0.39, 0.29) is 11.7 Å². The number of nitrogens with zero attached hydrogens (tertiary/aromatic N) is 5. The Morgan fingerprint density at radius 2 is 1.90 bits per heavy atom. The molecule has 0 aliphatic heterocycles. The molecule has 1 atom stereocenters. The Hall–Kier alpha value is -2.91. The van der Waals surface area contributed by atoms with Gasteiger partial charge in [0.05, 0.1) is 50.5 Å². The van der Waals surface area contributed by atoms with Gasteiger partial charge in [-0.15, -0.1) is 0 Å². The van der Waals surface area contributed by atoms with Crippen LogP contribution in [0.3, 0.4) is 0 Å². The van der Waals surface area contributed by atoms with Gasteiger partial charge in [-0.05, 0) is 50.3 Å². The molecule has 0 bridgehead atoms. The first kappa shape index (κ1) is 21.8. The Morgan fingerprint density at radius 3 is 2.50 bits per heavy atom. The van der Waals surface area contributed by atoms with E-state index in [4.69, 9.17) is 23.2 Å². The van der Waals surface area contributed by atoms with Crippen LogP contribution in [0.4, 0.5) is 11.5 Å². The highest BCUT2D eigenvalue weighted by molar-refractivity contribution is 6.42. The fraction of sp³-hybridized carbons (Fsp3) is 0.316. The summed E-state index contributed by atoms with van der Waals surface area (Å²) >= 11 is 12.0. The molecule has 1 N–H and O–H groups in total. The Morgan fingerprint density at radius 1 is 1.20 bits per heavy atom. The third-order valence-electron chi connectivity index (χ3n) is 4.79. The van der Waals surface area contributed by atoms with E-state index in [1.165, 1.54) is 10.7 Å². The number of carbonyl (C=O) groups excluding carboxylic acids is 1. The van der Waals surface area contributed by atoms with E-state index < -0.39 is 11.0 Å². The number of nitro groups is 1. The largest absolute Gasteiger partial charge is 0.390 e. The number of aryl methyl sites for hydroxylation is 2. The fourth-order valence-electron chi connectivity index (χ4n) is 3.13. The van der Waals surface area contributed by atoms with Crippen LogP contribution in [0.1, 0.15) is 35.6 Å². The zero-order valence-corrected chi connectivity index (χ0v) is 18.3. The minimum absolute atomic E-state index is 0.297. The van der Waals surface area contributed by atoms with Crippen molar-refractivity contribution in [1.29, 1.82) is 0 Å². The molecule has 158 valence electrons. The quantitative estimate of drug-likeness (QED) is 0.440. The maximum absolute atomic E-state index is 12.8. The number of nitrogens with one attached hydrogen (secondary N) is 1. The van der Waals surface area contributed by atoms with Gasteiger partial charge < -0.3 is 15.4 Å². The molecule has 0 aliphatic carbocycles. The van der Waals surface area contributed by atoms with Gasteiger partial charge in [0.15, 0.2) is 0 Å². The molecule has 1 aromatic carbocycles. The number of anilines is 1. The van der Waals surface area contributed by atoms with Gasteiger partial charge in [0.2, 0.25) is 0 Å². The summed E-state index contributed by atoms with van der Waals surface area (Å²) in [4.78, 5) is 23.1. The van der Waals surface area contributed by atoms with Gasteiger partial charge in [0.25, 0.3) is 5.91 Å². The lowest BCUT2D eigenvalue weighted by Crippen LogP contribution is -2.25. The second-order valence-electron chi connectivity index (χ2n) is 6.96. The van der Waals surface area contributed by atoms with Crippen molar-refractivity contribution in [3.8, 4) is 0 Å². The predicted octanol–water partition coefficient (Wildman–Crippen LogP) is 4.47. The SMILES string of the molecule is Cc1nn(Cc2ccc(Cl)c(Cl)c2)c(C)c1NC(=O)C(C)n1nc([N+](=O)[O-])cc1C. The molecular formula is C19H20Cl2N6O3. The highest BCUT2D eigenvalue weighted by Gasteiger charge is 2.26. The van der Waals surface area contributed by atoms with Crippen LogP contribution in [0.5, 0.6) is 0 Å². The molecule has 11 heteroatoms. The van der Waals surface area contributed by atoms with Crippen LogP contribution in [-0.2, 0) is 11.3 Å². The van der Waals surface area contributed by atoms with Crippen molar-refractivity contribution in [2.75, 3.05) is 5.32 Å². The van der Waals surface area contributed by atoms with E-state index in [9.17, 15) is 14.9 Å². The second-order valence-corrected chi connectivity index (χ2v) is 7.78. The van der Waals surface area contributed by atoms with Crippen LogP contribution in [0.25, 0.3) is 0 Å². The predicted molar refractivity (Wildman–Crippen MR) is 114 cm³/mol. The number of benzene rings is 1. The summed E-state index contributed by atoms with van der Waals surface area (Å²) in [5.41, 5.74) is 3.44. The lowest BCUT2D eigenvalue weighted by atomic mass is 10.2. The maximum atomic E-state index is 12.8. The zero-order valence-electron chi connectivity index (χ0n) is 16.8. The molecule has 2 aromatic heterocycles. The standard InChI is InChI=1S/C19H20Cl2N6O3/c1-10-7-17(27(29)30)24-26(10)13(4)19(28)22-18-11(2)23-25(12(18)3)9-14-5-6-15(20)16(21)8-14/h5-8,13H,9H2,1-4H3,(H,22,28). The molecule has 0 spiro atoms. The van der Waals surface area contributed by atoms with Gasteiger partial charge >= 0.3 is 5.82 Å². The number of halogens is 2. The third kappa shape index (κ3) is 4.31. The van der Waals surface area contributed by atoms with Crippen molar-refractivity contribution in [3.05, 3.63) is 67.1 Å². The minimum atomic E-state index is -0.740. The molecule has 2 heterocycles. The van der Waals surface area contributed by atoms with Crippen molar-refractivity contribution in [3.63, 3.8) is 0 Å². The van der Waals surface area contributed by atoms with E-state index in [1.54, 1.807) is 37.6 Å². The summed E-state index contributed by atoms with van der Waals surface area (Å²) in [6, 6.07) is 5.94. The summed E-state index contributed by atoms with van der Waals surface area (Å²) in [6.45, 7) is 7.39. The summed E-state index contributed by atoms with van der Waals surface area (Å²) in [5.74, 6) is -0.648. The molecule has 1 unspecified atom stereocenters. The Labute approximate surface area is 182 Å². The highest BCUT2D eigenvalue weighted by Crippen LogP contribution is 2.26. The van der Waals surface area contributed by atoms with E-state index in [0.717, 1.165) is 11.3 Å². The number of aromatic nitrogens is 4. The number of rotatable bonds is 6. The van der Waals surface area contributed by atoms with Crippen molar-refractivity contribution >= 4 is 40.6 Å². The molecule has 0 saturated carbocycles. The van der Waals surface area contributed by atoms with Crippen LogP contribution >= 0.6 is 23.2 Å². The van der Waals surface area contributed by atoms with Crippen molar-refractivity contribution in [2.24, 2.45) is 0 Å². The first-order valence-corrected chi connectivity index (χ1v) is 9.83. The second kappa shape index (κ2) is 8.45. The number of hydrogen-bond acceptors (Lipinski definition) is 5. The number of carbonyl (C=O) groups is 1. The van der Waals surface area contributed by atoms with Crippen LogP contribution in [0.2, 0.25) is 10.0 Å². The Bertz CT molecular complexity index is 1140. The first-order valence-electron chi connectivity index (χ1n) is 9.07. The Balaban J connectivity index is 1.80. The molecule has 3 aromatic rings. The fourth-order valence-corrected chi connectivity index (χ4v) is 3.45. The maximum Gasteiger partial charge on any atom is 0.390 e. The van der Waals surface area contributed by atoms with Crippen molar-refractivity contribution in [2.45, 2.75) is 40.3 Å². The zero-order chi connectivity index (χ0) is 22.2. The normalized spacial score (nSPS) is 12.1. The molecule has 9 nitrogen and oxygen atoms in total.